The highest BCUT2D eigenvalue weighted by molar-refractivity contribution is 7.13. The number of anilines is 1. The molecule has 2 aromatic rings. The highest BCUT2D eigenvalue weighted by Crippen LogP contribution is 2.10. The largest absolute Gasteiger partial charge is 0.354 e. The summed E-state index contributed by atoms with van der Waals surface area (Å²) < 4.78 is 4.82. The second kappa shape index (κ2) is 3.53. The Labute approximate surface area is 78.8 Å². The molecular formula is C7H8N4OS. The van der Waals surface area contributed by atoms with Crippen LogP contribution in [-0.2, 0) is 6.54 Å². The summed E-state index contributed by atoms with van der Waals surface area (Å²) in [6.45, 7) is 2.31. The van der Waals surface area contributed by atoms with Crippen molar-refractivity contribution < 1.29 is 4.52 Å². The van der Waals surface area contributed by atoms with Crippen molar-refractivity contribution in [2.45, 2.75) is 13.5 Å². The topological polar surface area (TPSA) is 63.8 Å². The number of thiazole rings is 1. The Balaban J connectivity index is 1.93. The second-order valence-electron chi connectivity index (χ2n) is 2.42. The van der Waals surface area contributed by atoms with Crippen LogP contribution < -0.4 is 5.32 Å². The van der Waals surface area contributed by atoms with Gasteiger partial charge >= 0.3 is 0 Å². The number of hydrogen-bond donors (Lipinski definition) is 1. The Morgan fingerprint density at radius 3 is 3.15 bits per heavy atom. The van der Waals surface area contributed by atoms with Crippen LogP contribution in [0, 0.1) is 6.92 Å². The molecule has 0 aliphatic heterocycles. The number of nitrogens with zero attached hydrogens (tertiary/aromatic N) is 3. The van der Waals surface area contributed by atoms with Crippen LogP contribution in [0.2, 0.25) is 0 Å². The molecule has 2 rings (SSSR count). The minimum Gasteiger partial charge on any atom is -0.354 e. The molecular weight excluding hydrogens is 188 g/mol. The summed E-state index contributed by atoms with van der Waals surface area (Å²) in [5, 5.41) is 9.59. The van der Waals surface area contributed by atoms with Crippen LogP contribution in [0.4, 0.5) is 5.13 Å². The Hall–Kier alpha value is -1.43. The first kappa shape index (κ1) is 8.18. The first-order chi connectivity index (χ1) is 6.34. The van der Waals surface area contributed by atoms with E-state index in [-0.39, 0.29) is 0 Å². The third-order valence-electron chi connectivity index (χ3n) is 1.40. The molecule has 0 aliphatic carbocycles. The van der Waals surface area contributed by atoms with Crippen molar-refractivity contribution in [3.8, 4) is 0 Å². The van der Waals surface area contributed by atoms with E-state index in [0.29, 0.717) is 18.3 Å². The SMILES string of the molecule is Cc1nc(CNc2nccs2)no1. The maximum Gasteiger partial charge on any atom is 0.223 e. The molecule has 0 aliphatic rings. The number of nitrogens with one attached hydrogen (secondary N) is 1. The second-order valence-corrected chi connectivity index (χ2v) is 3.31. The van der Waals surface area contributed by atoms with Crippen LogP contribution in [0.5, 0.6) is 0 Å². The van der Waals surface area contributed by atoms with Gasteiger partial charge < -0.3 is 9.84 Å². The van der Waals surface area contributed by atoms with E-state index in [2.05, 4.69) is 20.4 Å². The van der Waals surface area contributed by atoms with Crippen molar-refractivity contribution in [3.63, 3.8) is 0 Å². The normalized spacial score (nSPS) is 10.2. The van der Waals surface area contributed by atoms with E-state index >= 15 is 0 Å². The smallest absolute Gasteiger partial charge is 0.223 e. The molecule has 0 radical (unpaired) electrons. The van der Waals surface area contributed by atoms with E-state index < -0.39 is 0 Å². The molecule has 0 saturated heterocycles. The molecule has 0 spiro atoms. The highest BCUT2D eigenvalue weighted by atomic mass is 32.1. The molecule has 0 atom stereocenters. The zero-order valence-electron chi connectivity index (χ0n) is 7.02. The van der Waals surface area contributed by atoms with Crippen molar-refractivity contribution >= 4 is 16.5 Å². The first-order valence-electron chi connectivity index (χ1n) is 3.77. The monoisotopic (exact) mass is 196 g/mol. The average Bonchev–Trinajstić information content (AvgIpc) is 2.71. The van der Waals surface area contributed by atoms with Crippen molar-refractivity contribution in [2.75, 3.05) is 5.32 Å². The fourth-order valence-corrected chi connectivity index (χ4v) is 1.41. The quantitative estimate of drug-likeness (QED) is 0.804. The van der Waals surface area contributed by atoms with E-state index in [1.807, 2.05) is 5.38 Å². The molecule has 13 heavy (non-hydrogen) atoms. The predicted molar refractivity (Wildman–Crippen MR) is 48.5 cm³/mol. The van der Waals surface area contributed by atoms with E-state index in [0.717, 1.165) is 5.13 Å². The molecule has 0 unspecified atom stereocenters. The highest BCUT2D eigenvalue weighted by Gasteiger charge is 2.01. The Bertz CT molecular complexity index is 370. The summed E-state index contributed by atoms with van der Waals surface area (Å²) in [5.41, 5.74) is 0. The summed E-state index contributed by atoms with van der Waals surface area (Å²) >= 11 is 1.54. The fraction of sp³-hybridized carbons (Fsp3) is 0.286. The Morgan fingerprint density at radius 2 is 2.54 bits per heavy atom. The summed E-state index contributed by atoms with van der Waals surface area (Å²) in [6.07, 6.45) is 1.74. The van der Waals surface area contributed by atoms with Crippen molar-refractivity contribution in [3.05, 3.63) is 23.3 Å². The maximum absolute atomic E-state index is 4.82. The molecule has 6 heteroatoms. The lowest BCUT2D eigenvalue weighted by Gasteiger charge is -1.95. The molecule has 5 nitrogen and oxygen atoms in total. The van der Waals surface area contributed by atoms with Crippen LogP contribution in [0.15, 0.2) is 16.1 Å². The van der Waals surface area contributed by atoms with Gasteiger partial charge in [0, 0.05) is 18.5 Å². The third kappa shape index (κ3) is 2.03. The van der Waals surface area contributed by atoms with Gasteiger partial charge in [-0.1, -0.05) is 5.16 Å². The molecule has 0 amide bonds. The zero-order chi connectivity index (χ0) is 9.10. The average molecular weight is 196 g/mol. The molecule has 0 saturated carbocycles. The molecule has 1 N–H and O–H groups in total. The molecule has 2 heterocycles. The summed E-state index contributed by atoms with van der Waals surface area (Å²) in [6, 6.07) is 0. The van der Waals surface area contributed by atoms with Crippen LogP contribution in [0.3, 0.4) is 0 Å². The van der Waals surface area contributed by atoms with Gasteiger partial charge in [0.1, 0.15) is 0 Å². The van der Waals surface area contributed by atoms with Gasteiger partial charge in [-0.2, -0.15) is 4.98 Å². The van der Waals surface area contributed by atoms with Gasteiger partial charge in [-0.25, -0.2) is 4.98 Å². The van der Waals surface area contributed by atoms with Gasteiger partial charge in [0.15, 0.2) is 11.0 Å². The van der Waals surface area contributed by atoms with E-state index in [4.69, 9.17) is 4.52 Å². The summed E-state index contributed by atoms with van der Waals surface area (Å²) in [5.74, 6) is 1.23. The van der Waals surface area contributed by atoms with E-state index in [1.54, 1.807) is 24.5 Å². The lowest BCUT2D eigenvalue weighted by atomic mass is 10.6. The molecule has 0 bridgehead atoms. The van der Waals surface area contributed by atoms with Gasteiger partial charge in [0.2, 0.25) is 5.89 Å². The Morgan fingerprint density at radius 1 is 1.62 bits per heavy atom. The van der Waals surface area contributed by atoms with Crippen LogP contribution in [0.1, 0.15) is 11.7 Å². The first-order valence-corrected chi connectivity index (χ1v) is 4.65. The van der Waals surface area contributed by atoms with E-state index in [9.17, 15) is 0 Å². The number of hydrogen-bond acceptors (Lipinski definition) is 6. The third-order valence-corrected chi connectivity index (χ3v) is 2.13. The van der Waals surface area contributed by atoms with Crippen LogP contribution in [0.25, 0.3) is 0 Å². The van der Waals surface area contributed by atoms with E-state index in [1.165, 1.54) is 0 Å². The van der Waals surface area contributed by atoms with Crippen LogP contribution in [-0.4, -0.2) is 15.1 Å². The molecule has 0 fully saturated rings. The maximum atomic E-state index is 4.82. The number of aromatic nitrogens is 3. The summed E-state index contributed by atoms with van der Waals surface area (Å²) in [4.78, 5) is 8.11. The fourth-order valence-electron chi connectivity index (χ4n) is 0.879. The van der Waals surface area contributed by atoms with Crippen molar-refractivity contribution in [1.82, 2.24) is 15.1 Å². The van der Waals surface area contributed by atoms with Gasteiger partial charge in [-0.15, -0.1) is 11.3 Å². The number of rotatable bonds is 3. The van der Waals surface area contributed by atoms with Crippen molar-refractivity contribution in [2.24, 2.45) is 0 Å². The Kier molecular flexibility index (Phi) is 2.22. The van der Waals surface area contributed by atoms with Gasteiger partial charge in [-0.3, -0.25) is 0 Å². The zero-order valence-corrected chi connectivity index (χ0v) is 7.84. The molecule has 68 valence electrons. The van der Waals surface area contributed by atoms with Gasteiger partial charge in [0.05, 0.1) is 6.54 Å². The summed E-state index contributed by atoms with van der Waals surface area (Å²) in [7, 11) is 0. The minimum atomic E-state index is 0.546. The van der Waals surface area contributed by atoms with Gasteiger partial charge in [0.25, 0.3) is 0 Å². The lowest BCUT2D eigenvalue weighted by Crippen LogP contribution is -2.00. The standard InChI is InChI=1S/C7H8N4OS/c1-5-10-6(11-12-5)4-9-7-8-2-3-13-7/h2-3H,4H2,1H3,(H,8,9). The molecule has 0 aromatic carbocycles. The lowest BCUT2D eigenvalue weighted by molar-refractivity contribution is 0.388. The van der Waals surface area contributed by atoms with Crippen molar-refractivity contribution in [1.29, 1.82) is 0 Å². The van der Waals surface area contributed by atoms with Crippen LogP contribution >= 0.6 is 11.3 Å². The molecule has 2 aromatic heterocycles. The number of aryl methyl sites for hydroxylation is 1. The van der Waals surface area contributed by atoms with Gasteiger partial charge in [-0.05, 0) is 0 Å². The predicted octanol–water partition coefficient (Wildman–Crippen LogP) is 1.45. The minimum absolute atomic E-state index is 0.546.